The molecular formula is C19H19BrClNO4. The minimum atomic E-state index is -0.0250. The maximum absolute atomic E-state index is 12.1. The van der Waals surface area contributed by atoms with Gasteiger partial charge in [0.1, 0.15) is 19.0 Å². The van der Waals surface area contributed by atoms with Crippen LogP contribution in [0.1, 0.15) is 17.5 Å². The van der Waals surface area contributed by atoms with Crippen LogP contribution in [0, 0.1) is 0 Å². The van der Waals surface area contributed by atoms with Crippen molar-refractivity contribution in [2.75, 3.05) is 20.3 Å². The Bertz CT molecular complexity index is 812. The third kappa shape index (κ3) is 4.62. The summed E-state index contributed by atoms with van der Waals surface area (Å²) in [5.41, 5.74) is 1.94. The molecule has 138 valence electrons. The Kier molecular flexibility index (Phi) is 6.27. The van der Waals surface area contributed by atoms with Crippen molar-refractivity contribution in [1.29, 1.82) is 0 Å². The molecule has 0 aromatic heterocycles. The van der Waals surface area contributed by atoms with E-state index in [1.54, 1.807) is 13.2 Å². The summed E-state index contributed by atoms with van der Waals surface area (Å²) in [4.78, 5) is 12.1. The van der Waals surface area contributed by atoms with E-state index in [4.69, 9.17) is 25.8 Å². The molecule has 0 aliphatic carbocycles. The van der Waals surface area contributed by atoms with E-state index in [-0.39, 0.29) is 5.91 Å². The van der Waals surface area contributed by atoms with Gasteiger partial charge in [0.15, 0.2) is 11.5 Å². The number of hydrogen-bond acceptors (Lipinski definition) is 4. The Labute approximate surface area is 165 Å². The van der Waals surface area contributed by atoms with Crippen molar-refractivity contribution >= 4 is 33.4 Å². The fourth-order valence-corrected chi connectivity index (χ4v) is 3.55. The number of nitrogens with one attached hydrogen (secondary N) is 1. The molecule has 1 aliphatic rings. The molecule has 1 N–H and O–H groups in total. The van der Waals surface area contributed by atoms with Gasteiger partial charge in [0.2, 0.25) is 5.91 Å². The summed E-state index contributed by atoms with van der Waals surface area (Å²) in [5.74, 6) is 1.94. The van der Waals surface area contributed by atoms with Crippen LogP contribution in [0.2, 0.25) is 5.02 Å². The molecule has 26 heavy (non-hydrogen) atoms. The SMILES string of the molecule is COc1ccc(CCC(=O)NCc2cc(Cl)c3c(c2)OCCO3)cc1Br. The number of fused-ring (bicyclic) bond motifs is 1. The highest BCUT2D eigenvalue weighted by Gasteiger charge is 2.16. The molecule has 0 radical (unpaired) electrons. The topological polar surface area (TPSA) is 56.8 Å². The number of rotatable bonds is 6. The van der Waals surface area contributed by atoms with Gasteiger partial charge in [-0.05, 0) is 57.7 Å². The van der Waals surface area contributed by atoms with Crippen LogP contribution in [0.4, 0.5) is 0 Å². The molecule has 3 rings (SSSR count). The van der Waals surface area contributed by atoms with Crippen LogP contribution in [0.15, 0.2) is 34.8 Å². The number of hydrogen-bond donors (Lipinski definition) is 1. The largest absolute Gasteiger partial charge is 0.496 e. The highest BCUT2D eigenvalue weighted by Crippen LogP contribution is 2.38. The zero-order valence-corrected chi connectivity index (χ0v) is 16.7. The third-order valence-electron chi connectivity index (χ3n) is 4.00. The van der Waals surface area contributed by atoms with Crippen molar-refractivity contribution in [2.24, 2.45) is 0 Å². The van der Waals surface area contributed by atoms with E-state index in [1.165, 1.54) is 0 Å². The summed E-state index contributed by atoms with van der Waals surface area (Å²) in [6, 6.07) is 9.44. The van der Waals surface area contributed by atoms with E-state index >= 15 is 0 Å². The average Bonchev–Trinajstić information content (AvgIpc) is 2.65. The third-order valence-corrected chi connectivity index (χ3v) is 4.90. The Morgan fingerprint density at radius 3 is 2.81 bits per heavy atom. The van der Waals surface area contributed by atoms with Crippen LogP contribution in [0.5, 0.6) is 17.2 Å². The van der Waals surface area contributed by atoms with Gasteiger partial charge in [0.25, 0.3) is 0 Å². The van der Waals surface area contributed by atoms with Crippen LogP contribution in [0.3, 0.4) is 0 Å². The molecule has 0 fully saturated rings. The molecule has 7 heteroatoms. The predicted octanol–water partition coefficient (Wildman–Crippen LogP) is 4.13. The van der Waals surface area contributed by atoms with E-state index in [1.807, 2.05) is 24.3 Å². The fraction of sp³-hybridized carbons (Fsp3) is 0.316. The van der Waals surface area contributed by atoms with Crippen LogP contribution >= 0.6 is 27.5 Å². The Hall–Kier alpha value is -1.92. The van der Waals surface area contributed by atoms with Crippen molar-refractivity contribution < 1.29 is 19.0 Å². The van der Waals surface area contributed by atoms with Gasteiger partial charge >= 0.3 is 0 Å². The standard InChI is InChI=1S/C19H19BrClNO4/c1-24-16-4-2-12(8-14(16)20)3-5-18(23)22-11-13-9-15(21)19-17(10-13)25-6-7-26-19/h2,4,8-10H,3,5-7,11H2,1H3,(H,22,23). The van der Waals surface area contributed by atoms with Crippen LogP contribution in [0.25, 0.3) is 0 Å². The lowest BCUT2D eigenvalue weighted by molar-refractivity contribution is -0.121. The fourth-order valence-electron chi connectivity index (χ4n) is 2.68. The second-order valence-corrected chi connectivity index (χ2v) is 7.11. The van der Waals surface area contributed by atoms with Crippen molar-refractivity contribution in [3.63, 3.8) is 0 Å². The quantitative estimate of drug-likeness (QED) is 0.734. The van der Waals surface area contributed by atoms with E-state index < -0.39 is 0 Å². The summed E-state index contributed by atoms with van der Waals surface area (Å²) in [6.45, 7) is 1.38. The van der Waals surface area contributed by atoms with Gasteiger partial charge in [-0.15, -0.1) is 0 Å². The number of benzene rings is 2. The van der Waals surface area contributed by atoms with Crippen molar-refractivity contribution in [1.82, 2.24) is 5.32 Å². The van der Waals surface area contributed by atoms with Crippen molar-refractivity contribution in [3.05, 3.63) is 51.0 Å². The first-order valence-electron chi connectivity index (χ1n) is 8.24. The number of ether oxygens (including phenoxy) is 3. The number of halogens is 2. The first-order valence-corrected chi connectivity index (χ1v) is 9.41. The number of methoxy groups -OCH3 is 1. The molecule has 0 saturated carbocycles. The van der Waals surface area contributed by atoms with Crippen LogP contribution in [-0.4, -0.2) is 26.2 Å². The van der Waals surface area contributed by atoms with Crippen molar-refractivity contribution in [3.8, 4) is 17.2 Å². The Morgan fingerprint density at radius 1 is 1.23 bits per heavy atom. The minimum Gasteiger partial charge on any atom is -0.496 e. The first kappa shape index (κ1) is 18.9. The highest BCUT2D eigenvalue weighted by atomic mass is 79.9. The average molecular weight is 441 g/mol. The molecule has 0 bridgehead atoms. The number of aryl methyl sites for hydroxylation is 1. The molecule has 1 heterocycles. The van der Waals surface area contributed by atoms with Crippen LogP contribution in [-0.2, 0) is 17.8 Å². The van der Waals surface area contributed by atoms with Gasteiger partial charge in [0.05, 0.1) is 16.6 Å². The maximum Gasteiger partial charge on any atom is 0.220 e. The van der Waals surface area contributed by atoms with Gasteiger partial charge in [-0.2, -0.15) is 0 Å². The number of amides is 1. The van der Waals surface area contributed by atoms with E-state index in [9.17, 15) is 4.79 Å². The summed E-state index contributed by atoms with van der Waals surface area (Å²) >= 11 is 9.66. The van der Waals surface area contributed by atoms with Gasteiger partial charge in [0, 0.05) is 13.0 Å². The zero-order valence-electron chi connectivity index (χ0n) is 14.3. The van der Waals surface area contributed by atoms with Gasteiger partial charge in [-0.3, -0.25) is 4.79 Å². The lowest BCUT2D eigenvalue weighted by Gasteiger charge is -2.20. The smallest absolute Gasteiger partial charge is 0.220 e. The van der Waals surface area contributed by atoms with E-state index in [0.29, 0.717) is 49.1 Å². The second-order valence-electron chi connectivity index (χ2n) is 5.85. The normalized spacial score (nSPS) is 12.6. The van der Waals surface area contributed by atoms with Gasteiger partial charge < -0.3 is 19.5 Å². The summed E-state index contributed by atoms with van der Waals surface area (Å²) in [5, 5.41) is 3.40. The second kappa shape index (κ2) is 8.64. The molecule has 5 nitrogen and oxygen atoms in total. The zero-order chi connectivity index (χ0) is 18.5. The molecular weight excluding hydrogens is 422 g/mol. The van der Waals surface area contributed by atoms with Gasteiger partial charge in [-0.25, -0.2) is 0 Å². The molecule has 0 unspecified atom stereocenters. The molecule has 1 aliphatic heterocycles. The van der Waals surface area contributed by atoms with Crippen molar-refractivity contribution in [2.45, 2.75) is 19.4 Å². The molecule has 1 amide bonds. The van der Waals surface area contributed by atoms with E-state index in [2.05, 4.69) is 21.2 Å². The monoisotopic (exact) mass is 439 g/mol. The number of carbonyl (C=O) groups excluding carboxylic acids is 1. The highest BCUT2D eigenvalue weighted by molar-refractivity contribution is 9.10. The number of carbonyl (C=O) groups is 1. The van der Waals surface area contributed by atoms with Crippen LogP contribution < -0.4 is 19.5 Å². The molecule has 2 aromatic carbocycles. The maximum atomic E-state index is 12.1. The Morgan fingerprint density at radius 2 is 2.04 bits per heavy atom. The molecule has 0 atom stereocenters. The molecule has 0 saturated heterocycles. The lowest BCUT2D eigenvalue weighted by Crippen LogP contribution is -2.23. The first-order chi connectivity index (χ1) is 12.6. The summed E-state index contributed by atoms with van der Waals surface area (Å²) in [7, 11) is 1.62. The van der Waals surface area contributed by atoms with Gasteiger partial charge in [-0.1, -0.05) is 17.7 Å². The Balaban J connectivity index is 1.53. The molecule has 0 spiro atoms. The summed E-state index contributed by atoms with van der Waals surface area (Å²) < 4.78 is 17.1. The minimum absolute atomic E-state index is 0.0250. The summed E-state index contributed by atoms with van der Waals surface area (Å²) in [6.07, 6.45) is 1.05. The lowest BCUT2D eigenvalue weighted by atomic mass is 10.1. The molecule has 2 aromatic rings. The van der Waals surface area contributed by atoms with E-state index in [0.717, 1.165) is 21.3 Å². The predicted molar refractivity (Wildman–Crippen MR) is 103 cm³/mol.